The SMILES string of the molecule is Cc1cc(OCC(F)(F)F)ccc1B(O)O. The molecule has 0 heterocycles. The summed E-state index contributed by atoms with van der Waals surface area (Å²) in [6.45, 7) is 0.183. The number of aryl methyl sites for hydroxylation is 1. The van der Waals surface area contributed by atoms with Crippen molar-refractivity contribution in [1.82, 2.24) is 0 Å². The average Bonchev–Trinajstić information content (AvgIpc) is 2.13. The van der Waals surface area contributed by atoms with Crippen molar-refractivity contribution in [3.05, 3.63) is 23.8 Å². The smallest absolute Gasteiger partial charge is 0.484 e. The molecule has 0 aliphatic carbocycles. The molecule has 0 unspecified atom stereocenters. The third-order valence-corrected chi connectivity index (χ3v) is 1.92. The van der Waals surface area contributed by atoms with E-state index in [1.165, 1.54) is 18.2 Å². The average molecular weight is 234 g/mol. The Morgan fingerprint density at radius 2 is 1.94 bits per heavy atom. The van der Waals surface area contributed by atoms with Crippen molar-refractivity contribution in [2.45, 2.75) is 13.1 Å². The van der Waals surface area contributed by atoms with E-state index in [0.29, 0.717) is 5.56 Å². The van der Waals surface area contributed by atoms with Crippen molar-refractivity contribution in [3.8, 4) is 5.75 Å². The van der Waals surface area contributed by atoms with E-state index >= 15 is 0 Å². The second-order valence-electron chi connectivity index (χ2n) is 3.30. The normalized spacial score (nSPS) is 11.4. The van der Waals surface area contributed by atoms with E-state index in [1.807, 2.05) is 0 Å². The van der Waals surface area contributed by atoms with Crippen LogP contribution in [0.3, 0.4) is 0 Å². The van der Waals surface area contributed by atoms with Gasteiger partial charge in [0, 0.05) is 0 Å². The highest BCUT2D eigenvalue weighted by atomic mass is 19.4. The standard InChI is InChI=1S/C9H10BF3O3/c1-6-4-7(16-5-9(11,12)13)2-3-8(6)10(14)15/h2-4,14-15H,5H2,1H3. The summed E-state index contributed by atoms with van der Waals surface area (Å²) in [5, 5.41) is 17.8. The molecule has 2 N–H and O–H groups in total. The number of ether oxygens (including phenoxy) is 1. The van der Waals surface area contributed by atoms with Gasteiger partial charge in [0.1, 0.15) is 5.75 Å². The fourth-order valence-corrected chi connectivity index (χ4v) is 1.19. The van der Waals surface area contributed by atoms with E-state index in [-0.39, 0.29) is 11.2 Å². The molecule has 0 aliphatic heterocycles. The maximum atomic E-state index is 11.8. The first-order valence-corrected chi connectivity index (χ1v) is 4.46. The van der Waals surface area contributed by atoms with Crippen molar-refractivity contribution in [1.29, 1.82) is 0 Å². The van der Waals surface area contributed by atoms with Gasteiger partial charge in [-0.2, -0.15) is 13.2 Å². The van der Waals surface area contributed by atoms with Crippen molar-refractivity contribution in [2.75, 3.05) is 6.61 Å². The molecule has 0 aliphatic rings. The molecule has 0 bridgehead atoms. The largest absolute Gasteiger partial charge is 0.488 e. The molecule has 0 spiro atoms. The highest BCUT2D eigenvalue weighted by Gasteiger charge is 2.28. The highest BCUT2D eigenvalue weighted by Crippen LogP contribution is 2.18. The van der Waals surface area contributed by atoms with Gasteiger partial charge < -0.3 is 14.8 Å². The van der Waals surface area contributed by atoms with Gasteiger partial charge in [-0.3, -0.25) is 0 Å². The van der Waals surface area contributed by atoms with Crippen LogP contribution in [0.5, 0.6) is 5.75 Å². The fraction of sp³-hybridized carbons (Fsp3) is 0.333. The summed E-state index contributed by atoms with van der Waals surface area (Å²) < 4.78 is 40.0. The lowest BCUT2D eigenvalue weighted by molar-refractivity contribution is -0.153. The van der Waals surface area contributed by atoms with Crippen molar-refractivity contribution < 1.29 is 28.0 Å². The molecule has 3 nitrogen and oxygen atoms in total. The van der Waals surface area contributed by atoms with E-state index in [4.69, 9.17) is 10.0 Å². The van der Waals surface area contributed by atoms with Crippen LogP contribution in [-0.2, 0) is 0 Å². The topological polar surface area (TPSA) is 49.7 Å². The minimum Gasteiger partial charge on any atom is -0.484 e. The zero-order valence-electron chi connectivity index (χ0n) is 8.45. The number of benzene rings is 1. The zero-order valence-corrected chi connectivity index (χ0v) is 8.45. The molecule has 16 heavy (non-hydrogen) atoms. The van der Waals surface area contributed by atoms with Crippen LogP contribution in [0.4, 0.5) is 13.2 Å². The molecule has 0 atom stereocenters. The Balaban J connectivity index is 2.74. The second kappa shape index (κ2) is 4.75. The molecule has 0 radical (unpaired) electrons. The van der Waals surface area contributed by atoms with E-state index in [0.717, 1.165) is 0 Å². The molecular formula is C9H10BF3O3. The van der Waals surface area contributed by atoms with Crippen molar-refractivity contribution in [2.24, 2.45) is 0 Å². The first kappa shape index (κ1) is 12.9. The first-order chi connectivity index (χ1) is 7.29. The predicted molar refractivity (Wildman–Crippen MR) is 52.6 cm³/mol. The van der Waals surface area contributed by atoms with Gasteiger partial charge in [-0.1, -0.05) is 6.07 Å². The molecular weight excluding hydrogens is 224 g/mol. The van der Waals surface area contributed by atoms with E-state index in [9.17, 15) is 13.2 Å². The van der Waals surface area contributed by atoms with Crippen LogP contribution in [0, 0.1) is 6.92 Å². The molecule has 1 aromatic carbocycles. The Kier molecular flexibility index (Phi) is 3.82. The monoisotopic (exact) mass is 234 g/mol. The molecule has 0 saturated heterocycles. The van der Waals surface area contributed by atoms with Crippen LogP contribution in [0.15, 0.2) is 18.2 Å². The minimum absolute atomic E-state index is 0.0409. The molecule has 0 fully saturated rings. The summed E-state index contributed by atoms with van der Waals surface area (Å²) in [7, 11) is -1.64. The van der Waals surface area contributed by atoms with Crippen LogP contribution in [0.25, 0.3) is 0 Å². The molecule has 88 valence electrons. The number of rotatable bonds is 3. The van der Waals surface area contributed by atoms with Gasteiger partial charge in [-0.05, 0) is 30.1 Å². The second-order valence-corrected chi connectivity index (χ2v) is 3.30. The van der Waals surface area contributed by atoms with Gasteiger partial charge in [0.15, 0.2) is 6.61 Å². The summed E-state index contributed by atoms with van der Waals surface area (Å²) in [5.74, 6) is 0.0409. The van der Waals surface area contributed by atoms with E-state index in [1.54, 1.807) is 6.92 Å². The van der Waals surface area contributed by atoms with Gasteiger partial charge >= 0.3 is 13.3 Å². The van der Waals surface area contributed by atoms with Crippen LogP contribution in [0.2, 0.25) is 0 Å². The van der Waals surface area contributed by atoms with Crippen molar-refractivity contribution in [3.63, 3.8) is 0 Å². The van der Waals surface area contributed by atoms with Crippen LogP contribution >= 0.6 is 0 Å². The minimum atomic E-state index is -4.39. The highest BCUT2D eigenvalue weighted by molar-refractivity contribution is 6.59. The number of hydrogen-bond donors (Lipinski definition) is 2. The third-order valence-electron chi connectivity index (χ3n) is 1.92. The molecule has 1 aromatic rings. The van der Waals surface area contributed by atoms with Crippen molar-refractivity contribution >= 4 is 12.6 Å². The summed E-state index contributed by atoms with van der Waals surface area (Å²) >= 11 is 0. The zero-order chi connectivity index (χ0) is 12.3. The number of hydrogen-bond acceptors (Lipinski definition) is 3. The maximum Gasteiger partial charge on any atom is 0.488 e. The van der Waals surface area contributed by atoms with Gasteiger partial charge in [0.2, 0.25) is 0 Å². The molecule has 7 heteroatoms. The Hall–Kier alpha value is -1.21. The fourth-order valence-electron chi connectivity index (χ4n) is 1.19. The number of halogens is 3. The summed E-state index contributed by atoms with van der Waals surface area (Å²) in [4.78, 5) is 0. The molecule has 1 rings (SSSR count). The first-order valence-electron chi connectivity index (χ1n) is 4.46. The summed E-state index contributed by atoms with van der Waals surface area (Å²) in [6, 6.07) is 3.89. The van der Waals surface area contributed by atoms with Crippen LogP contribution in [0.1, 0.15) is 5.56 Å². The lowest BCUT2D eigenvalue weighted by Crippen LogP contribution is -2.32. The molecule has 0 amide bonds. The maximum absolute atomic E-state index is 11.8. The molecule has 0 saturated carbocycles. The lowest BCUT2D eigenvalue weighted by atomic mass is 9.77. The van der Waals surface area contributed by atoms with Crippen LogP contribution in [-0.4, -0.2) is 29.9 Å². The quantitative estimate of drug-likeness (QED) is 0.753. The summed E-state index contributed by atoms with van der Waals surface area (Å²) in [5.41, 5.74) is 0.689. The Morgan fingerprint density at radius 1 is 1.31 bits per heavy atom. The Labute approximate surface area is 90.6 Å². The van der Waals surface area contributed by atoms with Gasteiger partial charge in [-0.15, -0.1) is 0 Å². The lowest BCUT2D eigenvalue weighted by Gasteiger charge is -2.11. The summed E-state index contributed by atoms with van der Waals surface area (Å²) in [6.07, 6.45) is -4.39. The van der Waals surface area contributed by atoms with E-state index in [2.05, 4.69) is 4.74 Å². The Bertz CT molecular complexity index is 366. The number of alkyl halides is 3. The predicted octanol–water partition coefficient (Wildman–Crippen LogP) is 0.616. The van der Waals surface area contributed by atoms with E-state index < -0.39 is 19.9 Å². The van der Waals surface area contributed by atoms with Gasteiger partial charge in [0.05, 0.1) is 0 Å². The Morgan fingerprint density at radius 3 is 2.38 bits per heavy atom. The van der Waals surface area contributed by atoms with Crippen LogP contribution < -0.4 is 10.2 Å². The molecule has 0 aromatic heterocycles. The van der Waals surface area contributed by atoms with Gasteiger partial charge in [0.25, 0.3) is 0 Å². The van der Waals surface area contributed by atoms with Gasteiger partial charge in [-0.25, -0.2) is 0 Å². The third kappa shape index (κ3) is 3.75.